The fourth-order valence-electron chi connectivity index (χ4n) is 4.07. The number of piperidine rings is 1. The first-order chi connectivity index (χ1) is 14.8. The van der Waals surface area contributed by atoms with Crippen molar-refractivity contribution >= 4 is 39.1 Å². The molecule has 2 aliphatic heterocycles. The van der Waals surface area contributed by atoms with Crippen LogP contribution in [0.2, 0.25) is 10.0 Å². The maximum absolute atomic E-state index is 13.0. The highest BCUT2D eigenvalue weighted by Gasteiger charge is 2.30. The molecule has 0 radical (unpaired) electrons. The number of carbonyl (C=O) groups excluding carboxylic acids is 1. The second kappa shape index (κ2) is 11.3. The summed E-state index contributed by atoms with van der Waals surface area (Å²) in [5, 5.41) is 2.98. The first kappa shape index (κ1) is 24.7. The smallest absolute Gasteiger partial charge is 0.252 e. The monoisotopic (exact) mass is 491 g/mol. The predicted octanol–water partition coefficient (Wildman–Crippen LogP) is 3.26. The second-order valence-corrected chi connectivity index (χ2v) is 11.0. The van der Waals surface area contributed by atoms with Crippen molar-refractivity contribution in [3.63, 3.8) is 0 Å². The van der Waals surface area contributed by atoms with Crippen LogP contribution >= 0.6 is 23.2 Å². The summed E-state index contributed by atoms with van der Waals surface area (Å²) >= 11 is 12.4. The Morgan fingerprint density at radius 1 is 1.16 bits per heavy atom. The van der Waals surface area contributed by atoms with Crippen LogP contribution in [0.3, 0.4) is 0 Å². The van der Waals surface area contributed by atoms with E-state index in [1.54, 1.807) is 0 Å². The lowest BCUT2D eigenvalue weighted by atomic mass is 10.0. The van der Waals surface area contributed by atoms with E-state index in [1.165, 1.54) is 29.3 Å². The standard InChI is InChI=1S/C21H31Cl2N3O4S/c1-16-5-4-8-25(15-16)7-3-2-6-24-21(27)17-13-20(19(23)14-18(17)22)31(28,29)26-9-11-30-12-10-26/h13-14,16H,2-12,15H2,1H3,(H,24,27). The maximum Gasteiger partial charge on any atom is 0.252 e. The van der Waals surface area contributed by atoms with Gasteiger partial charge in [-0.2, -0.15) is 4.31 Å². The van der Waals surface area contributed by atoms with Crippen molar-refractivity contribution in [2.24, 2.45) is 5.92 Å². The molecule has 7 nitrogen and oxygen atoms in total. The van der Waals surface area contributed by atoms with Crippen LogP contribution in [0, 0.1) is 5.92 Å². The van der Waals surface area contributed by atoms with Crippen molar-refractivity contribution in [2.45, 2.75) is 37.5 Å². The highest BCUT2D eigenvalue weighted by molar-refractivity contribution is 7.89. The normalized spacial score (nSPS) is 21.2. The fraction of sp³-hybridized carbons (Fsp3) is 0.667. The number of carbonyl (C=O) groups is 1. The lowest BCUT2D eigenvalue weighted by Gasteiger charge is -2.30. The number of hydrogen-bond acceptors (Lipinski definition) is 5. The van der Waals surface area contributed by atoms with E-state index in [-0.39, 0.29) is 33.6 Å². The molecule has 0 spiro atoms. The highest BCUT2D eigenvalue weighted by Crippen LogP contribution is 2.31. The third kappa shape index (κ3) is 6.55. The number of hydrogen-bond donors (Lipinski definition) is 1. The lowest BCUT2D eigenvalue weighted by molar-refractivity contribution is 0.0730. The molecule has 1 aromatic carbocycles. The van der Waals surface area contributed by atoms with E-state index in [4.69, 9.17) is 27.9 Å². The second-order valence-electron chi connectivity index (χ2n) is 8.29. The van der Waals surface area contributed by atoms with Crippen molar-refractivity contribution in [3.8, 4) is 0 Å². The Morgan fingerprint density at radius 3 is 2.61 bits per heavy atom. The minimum Gasteiger partial charge on any atom is -0.379 e. The van der Waals surface area contributed by atoms with Crippen molar-refractivity contribution in [2.75, 3.05) is 52.5 Å². The van der Waals surface area contributed by atoms with Crippen molar-refractivity contribution < 1.29 is 17.9 Å². The van der Waals surface area contributed by atoms with Gasteiger partial charge in [0.05, 0.1) is 28.8 Å². The fourth-order valence-corrected chi connectivity index (χ4v) is 6.32. The average Bonchev–Trinajstić information content (AvgIpc) is 2.74. The third-order valence-corrected chi connectivity index (χ3v) is 8.46. The van der Waals surface area contributed by atoms with E-state index < -0.39 is 15.9 Å². The molecule has 1 N–H and O–H groups in total. The van der Waals surface area contributed by atoms with E-state index in [0.717, 1.165) is 38.4 Å². The van der Waals surface area contributed by atoms with Crippen LogP contribution in [-0.2, 0) is 14.8 Å². The number of sulfonamides is 1. The Hall–Kier alpha value is -0.900. The van der Waals surface area contributed by atoms with Gasteiger partial charge in [-0.15, -0.1) is 0 Å². The Balaban J connectivity index is 1.57. The number of amides is 1. The summed E-state index contributed by atoms with van der Waals surface area (Å²) in [5.41, 5.74) is 0.114. The van der Waals surface area contributed by atoms with Gasteiger partial charge < -0.3 is 15.0 Å². The van der Waals surface area contributed by atoms with Gasteiger partial charge >= 0.3 is 0 Å². The van der Waals surface area contributed by atoms with Gasteiger partial charge in [-0.25, -0.2) is 8.42 Å². The van der Waals surface area contributed by atoms with E-state index in [2.05, 4.69) is 17.1 Å². The molecule has 2 fully saturated rings. The number of nitrogens with zero attached hydrogens (tertiary/aromatic N) is 2. The molecule has 2 aliphatic rings. The molecule has 174 valence electrons. The number of benzene rings is 1. The van der Waals surface area contributed by atoms with Crippen LogP contribution in [0.5, 0.6) is 0 Å². The molecule has 0 aliphatic carbocycles. The summed E-state index contributed by atoms with van der Waals surface area (Å²) in [6, 6.07) is 2.60. The first-order valence-electron chi connectivity index (χ1n) is 10.9. The zero-order chi connectivity index (χ0) is 22.4. The van der Waals surface area contributed by atoms with E-state index in [0.29, 0.717) is 19.8 Å². The molecule has 1 unspecified atom stereocenters. The number of halogens is 2. The third-order valence-electron chi connectivity index (χ3n) is 5.78. The van der Waals surface area contributed by atoms with Gasteiger partial charge in [-0.3, -0.25) is 4.79 Å². The first-order valence-corrected chi connectivity index (χ1v) is 13.1. The van der Waals surface area contributed by atoms with Crippen LogP contribution in [0.1, 0.15) is 43.0 Å². The van der Waals surface area contributed by atoms with Crippen molar-refractivity contribution in [3.05, 3.63) is 27.7 Å². The van der Waals surface area contributed by atoms with Gasteiger partial charge in [0.2, 0.25) is 10.0 Å². The van der Waals surface area contributed by atoms with Gasteiger partial charge in [0.25, 0.3) is 5.91 Å². The Kier molecular flexibility index (Phi) is 9.01. The zero-order valence-corrected chi connectivity index (χ0v) is 20.2. The predicted molar refractivity (Wildman–Crippen MR) is 122 cm³/mol. The van der Waals surface area contributed by atoms with Crippen molar-refractivity contribution in [1.29, 1.82) is 0 Å². The number of morpholine rings is 1. The molecule has 1 atom stereocenters. The maximum atomic E-state index is 13.0. The van der Waals surface area contributed by atoms with Crippen LogP contribution in [0.15, 0.2) is 17.0 Å². The minimum atomic E-state index is -3.83. The van der Waals surface area contributed by atoms with Crippen LogP contribution in [-0.4, -0.2) is 76.0 Å². The van der Waals surface area contributed by atoms with Gasteiger partial charge in [0.15, 0.2) is 0 Å². The summed E-state index contributed by atoms with van der Waals surface area (Å²) in [4.78, 5) is 15.0. The number of likely N-dealkylation sites (tertiary alicyclic amines) is 1. The Bertz CT molecular complexity index is 876. The molecule has 0 saturated carbocycles. The molecule has 10 heteroatoms. The van der Waals surface area contributed by atoms with E-state index >= 15 is 0 Å². The molecule has 1 aromatic rings. The Morgan fingerprint density at radius 2 is 1.90 bits per heavy atom. The van der Waals surface area contributed by atoms with Crippen LogP contribution in [0.4, 0.5) is 0 Å². The molecule has 31 heavy (non-hydrogen) atoms. The van der Waals surface area contributed by atoms with Gasteiger partial charge in [-0.1, -0.05) is 30.1 Å². The molecule has 1 amide bonds. The molecule has 2 heterocycles. The molecule has 3 rings (SSSR count). The number of unbranched alkanes of at least 4 members (excludes halogenated alkanes) is 1. The summed E-state index contributed by atoms with van der Waals surface area (Å²) < 4.78 is 32.5. The van der Waals surface area contributed by atoms with Gasteiger partial charge in [-0.05, 0) is 56.8 Å². The van der Waals surface area contributed by atoms with Crippen LogP contribution < -0.4 is 5.32 Å². The number of ether oxygens (including phenoxy) is 1. The summed E-state index contributed by atoms with van der Waals surface area (Å²) in [6.07, 6.45) is 4.40. The quantitative estimate of drug-likeness (QED) is 0.564. The number of rotatable bonds is 8. The summed E-state index contributed by atoms with van der Waals surface area (Å²) in [7, 11) is -3.83. The van der Waals surface area contributed by atoms with Gasteiger partial charge in [0.1, 0.15) is 4.90 Å². The molecule has 2 saturated heterocycles. The number of nitrogens with one attached hydrogen (secondary N) is 1. The topological polar surface area (TPSA) is 79.0 Å². The average molecular weight is 492 g/mol. The molecule has 0 aromatic heterocycles. The van der Waals surface area contributed by atoms with Crippen LogP contribution in [0.25, 0.3) is 0 Å². The summed E-state index contributed by atoms with van der Waals surface area (Å²) in [6.45, 7) is 7.27. The molecular weight excluding hydrogens is 461 g/mol. The van der Waals surface area contributed by atoms with Crippen molar-refractivity contribution in [1.82, 2.24) is 14.5 Å². The largest absolute Gasteiger partial charge is 0.379 e. The highest BCUT2D eigenvalue weighted by atomic mass is 35.5. The molecule has 0 bridgehead atoms. The summed E-state index contributed by atoms with van der Waals surface area (Å²) in [5.74, 6) is 0.357. The van der Waals surface area contributed by atoms with E-state index in [1.807, 2.05) is 0 Å². The Labute approximate surface area is 195 Å². The lowest BCUT2D eigenvalue weighted by Crippen LogP contribution is -2.40. The van der Waals surface area contributed by atoms with E-state index in [9.17, 15) is 13.2 Å². The zero-order valence-electron chi connectivity index (χ0n) is 17.9. The minimum absolute atomic E-state index is 0.00352. The van der Waals surface area contributed by atoms with Gasteiger partial charge in [0, 0.05) is 26.2 Å². The molecular formula is C21H31Cl2N3O4S. The SMILES string of the molecule is CC1CCCN(CCCCNC(=O)c2cc(S(=O)(=O)N3CCOCC3)c(Cl)cc2Cl)C1.